The first-order valence-corrected chi connectivity index (χ1v) is 6.53. The lowest BCUT2D eigenvalue weighted by Gasteiger charge is -2.14. The summed E-state index contributed by atoms with van der Waals surface area (Å²) in [6.45, 7) is 4.72. The Balaban J connectivity index is 2.19. The third-order valence-electron chi connectivity index (χ3n) is 2.98. The van der Waals surface area contributed by atoms with E-state index in [2.05, 4.69) is 16.4 Å². The zero-order valence-corrected chi connectivity index (χ0v) is 11.9. The molecule has 1 aromatic carbocycles. The van der Waals surface area contributed by atoms with Gasteiger partial charge in [0.25, 0.3) is 0 Å². The van der Waals surface area contributed by atoms with Gasteiger partial charge in [-0.1, -0.05) is 30.4 Å². The van der Waals surface area contributed by atoms with Crippen LogP contribution in [0, 0.1) is 13.8 Å². The lowest BCUT2D eigenvalue weighted by atomic mass is 10.1. The molecule has 2 rings (SSSR count). The van der Waals surface area contributed by atoms with Gasteiger partial charge in [0.1, 0.15) is 4.99 Å². The number of nitrogens with one attached hydrogen (secondary N) is 1. The molecule has 0 amide bonds. The molecule has 3 nitrogen and oxygen atoms in total. The molecule has 4 heteroatoms. The monoisotopic (exact) mass is 271 g/mol. The molecule has 0 atom stereocenters. The van der Waals surface area contributed by atoms with Gasteiger partial charge in [0.2, 0.25) is 0 Å². The molecule has 0 fully saturated rings. The number of pyridine rings is 1. The minimum absolute atomic E-state index is 0.410. The molecule has 19 heavy (non-hydrogen) atoms. The van der Waals surface area contributed by atoms with E-state index in [0.29, 0.717) is 11.5 Å². The summed E-state index contributed by atoms with van der Waals surface area (Å²) < 4.78 is 0. The number of anilines is 1. The van der Waals surface area contributed by atoms with Gasteiger partial charge in [-0.15, -0.1) is 0 Å². The van der Waals surface area contributed by atoms with Gasteiger partial charge in [0.05, 0.1) is 0 Å². The van der Waals surface area contributed by atoms with Crippen LogP contribution in [0.3, 0.4) is 0 Å². The van der Waals surface area contributed by atoms with Crippen molar-refractivity contribution in [2.24, 2.45) is 5.73 Å². The van der Waals surface area contributed by atoms with Gasteiger partial charge < -0.3 is 11.1 Å². The van der Waals surface area contributed by atoms with E-state index in [-0.39, 0.29) is 0 Å². The molecule has 98 valence electrons. The van der Waals surface area contributed by atoms with Gasteiger partial charge in [0.15, 0.2) is 0 Å². The van der Waals surface area contributed by atoms with Crippen LogP contribution in [-0.4, -0.2) is 9.97 Å². The van der Waals surface area contributed by atoms with E-state index in [4.69, 9.17) is 18.0 Å². The predicted octanol–water partition coefficient (Wildman–Crippen LogP) is 2.94. The number of nitrogens with zero attached hydrogens (tertiary/aromatic N) is 1. The Kier molecular flexibility index (Phi) is 4.12. The van der Waals surface area contributed by atoms with E-state index in [1.165, 1.54) is 0 Å². The second-order valence-corrected chi connectivity index (χ2v) is 4.96. The van der Waals surface area contributed by atoms with Crippen molar-refractivity contribution in [3.8, 4) is 0 Å². The highest BCUT2D eigenvalue weighted by molar-refractivity contribution is 7.80. The lowest BCUT2D eigenvalue weighted by molar-refractivity contribution is 1.08. The Bertz CT molecular complexity index is 591. The number of aromatic nitrogens is 1. The minimum Gasteiger partial charge on any atom is -0.389 e. The van der Waals surface area contributed by atoms with Crippen LogP contribution in [0.1, 0.15) is 22.4 Å². The van der Waals surface area contributed by atoms with Crippen LogP contribution in [0.4, 0.5) is 5.69 Å². The van der Waals surface area contributed by atoms with E-state index < -0.39 is 0 Å². The highest BCUT2D eigenvalue weighted by Crippen LogP contribution is 2.21. The molecule has 0 bridgehead atoms. The molecule has 1 aromatic heterocycles. The van der Waals surface area contributed by atoms with E-state index in [0.717, 1.165) is 28.1 Å². The van der Waals surface area contributed by atoms with Crippen LogP contribution in [0.5, 0.6) is 0 Å². The third kappa shape index (κ3) is 3.29. The van der Waals surface area contributed by atoms with E-state index in [9.17, 15) is 0 Å². The first kappa shape index (κ1) is 13.5. The standard InChI is InChI=1S/C15H17N3S/c1-10-4-3-5-13(15(16)19)14(10)18-9-12-7-6-11(2)17-8-12/h3-8,18H,9H2,1-2H3,(H2,16,19). The molecule has 2 aromatic rings. The second-order valence-electron chi connectivity index (χ2n) is 4.52. The smallest absolute Gasteiger partial charge is 0.106 e. The van der Waals surface area contributed by atoms with Crippen molar-refractivity contribution >= 4 is 22.9 Å². The molecular formula is C15H17N3S. The van der Waals surface area contributed by atoms with Crippen molar-refractivity contribution in [3.05, 3.63) is 58.9 Å². The summed E-state index contributed by atoms with van der Waals surface area (Å²) in [4.78, 5) is 4.69. The maximum absolute atomic E-state index is 5.75. The fourth-order valence-corrected chi connectivity index (χ4v) is 2.07. The molecule has 0 radical (unpaired) electrons. The normalized spacial score (nSPS) is 10.2. The fraction of sp³-hybridized carbons (Fsp3) is 0.200. The summed E-state index contributed by atoms with van der Waals surface area (Å²) in [5.74, 6) is 0. The average Bonchev–Trinajstić information content (AvgIpc) is 2.39. The van der Waals surface area contributed by atoms with Crippen LogP contribution in [0.25, 0.3) is 0 Å². The number of thiocarbonyl (C=S) groups is 1. The number of nitrogens with two attached hydrogens (primary N) is 1. The quantitative estimate of drug-likeness (QED) is 0.839. The van der Waals surface area contributed by atoms with E-state index >= 15 is 0 Å². The van der Waals surface area contributed by atoms with E-state index in [1.807, 2.05) is 44.3 Å². The van der Waals surface area contributed by atoms with Crippen molar-refractivity contribution in [1.82, 2.24) is 4.98 Å². The number of hydrogen-bond donors (Lipinski definition) is 2. The Hall–Kier alpha value is -1.94. The zero-order chi connectivity index (χ0) is 13.8. The summed E-state index contributed by atoms with van der Waals surface area (Å²) >= 11 is 5.08. The first-order valence-electron chi connectivity index (χ1n) is 6.13. The summed E-state index contributed by atoms with van der Waals surface area (Å²) in [5, 5.41) is 3.39. The predicted molar refractivity (Wildman–Crippen MR) is 83.4 cm³/mol. The maximum Gasteiger partial charge on any atom is 0.106 e. The molecule has 0 aliphatic rings. The van der Waals surface area contributed by atoms with Gasteiger partial charge in [-0.25, -0.2) is 0 Å². The Morgan fingerprint density at radius 2 is 2.05 bits per heavy atom. The number of hydrogen-bond acceptors (Lipinski definition) is 3. The highest BCUT2D eigenvalue weighted by atomic mass is 32.1. The van der Waals surface area contributed by atoms with Crippen molar-refractivity contribution < 1.29 is 0 Å². The number of benzene rings is 1. The molecule has 0 saturated heterocycles. The second kappa shape index (κ2) is 5.80. The molecular weight excluding hydrogens is 254 g/mol. The average molecular weight is 271 g/mol. The minimum atomic E-state index is 0.410. The van der Waals surface area contributed by atoms with Gasteiger partial charge in [-0.2, -0.15) is 0 Å². The zero-order valence-electron chi connectivity index (χ0n) is 11.1. The van der Waals surface area contributed by atoms with Crippen LogP contribution in [0.2, 0.25) is 0 Å². The molecule has 0 saturated carbocycles. The Morgan fingerprint density at radius 1 is 1.26 bits per heavy atom. The topological polar surface area (TPSA) is 50.9 Å². The highest BCUT2D eigenvalue weighted by Gasteiger charge is 2.07. The Labute approximate surface area is 118 Å². The molecule has 0 aliphatic heterocycles. The molecule has 1 heterocycles. The van der Waals surface area contributed by atoms with Crippen LogP contribution < -0.4 is 11.1 Å². The molecule has 0 unspecified atom stereocenters. The van der Waals surface area contributed by atoms with Gasteiger partial charge in [0, 0.05) is 29.7 Å². The molecule has 0 aliphatic carbocycles. The lowest BCUT2D eigenvalue weighted by Crippen LogP contribution is -2.14. The van der Waals surface area contributed by atoms with E-state index in [1.54, 1.807) is 0 Å². The number of aryl methyl sites for hydroxylation is 2. The van der Waals surface area contributed by atoms with Gasteiger partial charge >= 0.3 is 0 Å². The third-order valence-corrected chi connectivity index (χ3v) is 3.20. The van der Waals surface area contributed by atoms with Crippen LogP contribution in [-0.2, 0) is 6.54 Å². The summed E-state index contributed by atoms with van der Waals surface area (Å²) in [6, 6.07) is 10.0. The van der Waals surface area contributed by atoms with Crippen LogP contribution >= 0.6 is 12.2 Å². The van der Waals surface area contributed by atoms with Crippen molar-refractivity contribution in [3.63, 3.8) is 0 Å². The first-order chi connectivity index (χ1) is 9.08. The Morgan fingerprint density at radius 3 is 2.68 bits per heavy atom. The SMILES string of the molecule is Cc1ccc(CNc2c(C)cccc2C(N)=S)cn1. The summed E-state index contributed by atoms with van der Waals surface area (Å²) in [5.41, 5.74) is 10.9. The van der Waals surface area contributed by atoms with Crippen molar-refractivity contribution in [1.29, 1.82) is 0 Å². The van der Waals surface area contributed by atoms with Crippen molar-refractivity contribution in [2.45, 2.75) is 20.4 Å². The fourth-order valence-electron chi connectivity index (χ4n) is 1.90. The largest absolute Gasteiger partial charge is 0.389 e. The van der Waals surface area contributed by atoms with Gasteiger partial charge in [-0.3, -0.25) is 4.98 Å². The summed E-state index contributed by atoms with van der Waals surface area (Å²) in [6.07, 6.45) is 1.88. The summed E-state index contributed by atoms with van der Waals surface area (Å²) in [7, 11) is 0. The molecule has 0 spiro atoms. The number of rotatable bonds is 4. The van der Waals surface area contributed by atoms with Crippen molar-refractivity contribution in [2.75, 3.05) is 5.32 Å². The number of para-hydroxylation sites is 1. The van der Waals surface area contributed by atoms with Crippen LogP contribution in [0.15, 0.2) is 36.5 Å². The molecule has 3 N–H and O–H groups in total. The maximum atomic E-state index is 5.75. The van der Waals surface area contributed by atoms with Gasteiger partial charge in [-0.05, 0) is 37.1 Å².